The summed E-state index contributed by atoms with van der Waals surface area (Å²) in [5, 5.41) is 8.45. The molecule has 1 aromatic heterocycles. The first-order valence-corrected chi connectivity index (χ1v) is 5.14. The van der Waals surface area contributed by atoms with E-state index in [0.717, 1.165) is 0 Å². The molecule has 0 aromatic carbocycles. The fraction of sp³-hybridized carbons (Fsp3) is 0.250. The Bertz CT molecular complexity index is 388. The minimum Gasteiger partial charge on any atom is -0.233 e. The summed E-state index contributed by atoms with van der Waals surface area (Å²) in [4.78, 5) is 3.82. The second-order valence-electron chi connectivity index (χ2n) is 2.45. The van der Waals surface area contributed by atoms with Crippen molar-refractivity contribution in [2.75, 3.05) is 0 Å². The van der Waals surface area contributed by atoms with Crippen LogP contribution in [0.4, 0.5) is 8.78 Å². The van der Waals surface area contributed by atoms with Crippen LogP contribution in [0.3, 0.4) is 0 Å². The van der Waals surface area contributed by atoms with Gasteiger partial charge in [-0.1, -0.05) is 0 Å². The highest BCUT2D eigenvalue weighted by Gasteiger charge is 2.15. The molecule has 74 valence electrons. The predicted molar refractivity (Wildman–Crippen MR) is 53.9 cm³/mol. The fourth-order valence-electron chi connectivity index (χ4n) is 0.892. The van der Waals surface area contributed by atoms with E-state index in [1.54, 1.807) is 0 Å². The van der Waals surface area contributed by atoms with E-state index >= 15 is 0 Å². The van der Waals surface area contributed by atoms with Crippen LogP contribution in [0.15, 0.2) is 15.3 Å². The van der Waals surface area contributed by atoms with Gasteiger partial charge in [0, 0.05) is 0 Å². The first kappa shape index (κ1) is 11.5. The van der Waals surface area contributed by atoms with Crippen molar-refractivity contribution in [2.24, 2.45) is 0 Å². The van der Waals surface area contributed by atoms with E-state index in [4.69, 9.17) is 5.26 Å². The van der Waals surface area contributed by atoms with Gasteiger partial charge >= 0.3 is 0 Å². The molecule has 1 rings (SSSR count). The lowest BCUT2D eigenvalue weighted by atomic mass is 10.2. The second-order valence-corrected chi connectivity index (χ2v) is 3.96. The Kier molecular flexibility index (Phi) is 3.96. The maximum absolute atomic E-state index is 12.4. The Morgan fingerprint density at radius 3 is 2.57 bits per heavy atom. The predicted octanol–water partition coefficient (Wildman–Crippen LogP) is 3.61. The first-order chi connectivity index (χ1) is 6.56. The van der Waals surface area contributed by atoms with Gasteiger partial charge in [-0.05, 0) is 43.5 Å². The van der Waals surface area contributed by atoms with Gasteiger partial charge in [0.1, 0.15) is 9.21 Å². The number of nitriles is 1. The minimum atomic E-state index is -2.59. The van der Waals surface area contributed by atoms with Crippen LogP contribution in [0.2, 0.25) is 0 Å². The summed E-state index contributed by atoms with van der Waals surface area (Å²) < 4.78 is 25.3. The van der Waals surface area contributed by atoms with Crippen molar-refractivity contribution < 1.29 is 8.78 Å². The Morgan fingerprint density at radius 2 is 2.07 bits per heavy atom. The van der Waals surface area contributed by atoms with E-state index < -0.39 is 6.43 Å². The molecule has 0 saturated heterocycles. The van der Waals surface area contributed by atoms with Crippen LogP contribution in [0.25, 0.3) is 0 Å². The van der Waals surface area contributed by atoms with Crippen LogP contribution >= 0.6 is 31.9 Å². The van der Waals surface area contributed by atoms with Crippen molar-refractivity contribution in [3.8, 4) is 6.07 Å². The molecule has 0 aliphatic heterocycles. The summed E-state index contributed by atoms with van der Waals surface area (Å²) in [7, 11) is 0. The van der Waals surface area contributed by atoms with Crippen molar-refractivity contribution in [3.63, 3.8) is 0 Å². The molecular weight excluding hydrogens is 322 g/mol. The molecule has 0 aliphatic rings. The molecule has 0 radical (unpaired) electrons. The van der Waals surface area contributed by atoms with E-state index in [-0.39, 0.29) is 16.6 Å². The van der Waals surface area contributed by atoms with E-state index in [1.807, 2.05) is 6.07 Å². The summed E-state index contributed by atoms with van der Waals surface area (Å²) in [5.41, 5.74) is 0.268. The van der Waals surface area contributed by atoms with Gasteiger partial charge in [0.15, 0.2) is 0 Å². The quantitative estimate of drug-likeness (QED) is 0.779. The summed E-state index contributed by atoms with van der Waals surface area (Å²) in [6.45, 7) is 0. The number of nitrogens with zero attached hydrogens (tertiary/aromatic N) is 2. The lowest BCUT2D eigenvalue weighted by Crippen LogP contribution is -1.95. The third-order valence-electron chi connectivity index (χ3n) is 1.53. The first-order valence-electron chi connectivity index (χ1n) is 3.56. The SMILES string of the molecule is N#CCc1cc(C(F)F)c(Br)nc1Br. The number of aromatic nitrogens is 1. The zero-order valence-corrected chi connectivity index (χ0v) is 9.94. The maximum atomic E-state index is 12.4. The van der Waals surface area contributed by atoms with Gasteiger partial charge in [-0.2, -0.15) is 5.26 Å². The van der Waals surface area contributed by atoms with E-state index in [1.165, 1.54) is 6.07 Å². The average molecular weight is 326 g/mol. The highest BCUT2D eigenvalue weighted by molar-refractivity contribution is 9.11. The number of hydrogen-bond acceptors (Lipinski definition) is 2. The molecule has 0 amide bonds. The molecule has 0 N–H and O–H groups in total. The molecule has 1 heterocycles. The highest BCUT2D eigenvalue weighted by Crippen LogP contribution is 2.29. The van der Waals surface area contributed by atoms with Crippen molar-refractivity contribution in [1.82, 2.24) is 4.98 Å². The molecule has 0 bridgehead atoms. The van der Waals surface area contributed by atoms with Crippen molar-refractivity contribution in [3.05, 3.63) is 26.4 Å². The van der Waals surface area contributed by atoms with Gasteiger partial charge in [0.05, 0.1) is 18.1 Å². The summed E-state index contributed by atoms with van der Waals surface area (Å²) in [6, 6.07) is 3.15. The Morgan fingerprint density at radius 1 is 1.43 bits per heavy atom. The van der Waals surface area contributed by atoms with Gasteiger partial charge in [0.2, 0.25) is 0 Å². The maximum Gasteiger partial charge on any atom is 0.266 e. The Balaban J connectivity index is 3.21. The van der Waals surface area contributed by atoms with Crippen LogP contribution in [-0.2, 0) is 6.42 Å². The van der Waals surface area contributed by atoms with E-state index in [9.17, 15) is 8.78 Å². The zero-order chi connectivity index (χ0) is 10.7. The number of halogens is 4. The van der Waals surface area contributed by atoms with Crippen molar-refractivity contribution >= 4 is 31.9 Å². The average Bonchev–Trinajstić information content (AvgIpc) is 2.09. The number of rotatable bonds is 2. The van der Waals surface area contributed by atoms with E-state index in [0.29, 0.717) is 10.2 Å². The van der Waals surface area contributed by atoms with Gasteiger partial charge in [-0.25, -0.2) is 13.8 Å². The summed E-state index contributed by atoms with van der Waals surface area (Å²) in [5.74, 6) is 0. The lowest BCUT2D eigenvalue weighted by Gasteiger charge is -2.06. The van der Waals surface area contributed by atoms with Crippen LogP contribution in [0.5, 0.6) is 0 Å². The van der Waals surface area contributed by atoms with Crippen LogP contribution in [0, 0.1) is 11.3 Å². The number of pyridine rings is 1. The molecule has 0 saturated carbocycles. The molecule has 0 aliphatic carbocycles. The van der Waals surface area contributed by atoms with Gasteiger partial charge < -0.3 is 0 Å². The number of hydrogen-bond donors (Lipinski definition) is 0. The second kappa shape index (κ2) is 4.80. The molecule has 0 atom stereocenters. The summed E-state index contributed by atoms with van der Waals surface area (Å²) in [6.07, 6.45) is -2.54. The standard InChI is InChI=1S/C8H4Br2F2N2/c9-6-4(1-2-13)3-5(8(11)12)7(10)14-6/h3,8H,1H2. The molecule has 2 nitrogen and oxygen atoms in total. The molecular formula is C8H4Br2F2N2. The fourth-order valence-corrected chi connectivity index (χ4v) is 2.03. The minimum absolute atomic E-state index is 0.0561. The molecule has 1 aromatic rings. The van der Waals surface area contributed by atoms with Gasteiger partial charge in [-0.3, -0.25) is 0 Å². The van der Waals surface area contributed by atoms with Gasteiger partial charge in [-0.15, -0.1) is 0 Å². The van der Waals surface area contributed by atoms with Crippen LogP contribution in [-0.4, -0.2) is 4.98 Å². The lowest BCUT2D eigenvalue weighted by molar-refractivity contribution is 0.150. The Hall–Kier alpha value is -0.540. The van der Waals surface area contributed by atoms with Crippen LogP contribution < -0.4 is 0 Å². The molecule has 6 heteroatoms. The summed E-state index contributed by atoms with van der Waals surface area (Å²) >= 11 is 6.02. The topological polar surface area (TPSA) is 36.7 Å². The van der Waals surface area contributed by atoms with Crippen molar-refractivity contribution in [2.45, 2.75) is 12.8 Å². The molecule has 14 heavy (non-hydrogen) atoms. The highest BCUT2D eigenvalue weighted by atomic mass is 79.9. The number of alkyl halides is 2. The van der Waals surface area contributed by atoms with Gasteiger partial charge in [0.25, 0.3) is 6.43 Å². The zero-order valence-electron chi connectivity index (χ0n) is 6.77. The molecule has 0 spiro atoms. The van der Waals surface area contributed by atoms with Crippen molar-refractivity contribution in [1.29, 1.82) is 5.26 Å². The van der Waals surface area contributed by atoms with Crippen LogP contribution in [0.1, 0.15) is 17.6 Å². The van der Waals surface area contributed by atoms with E-state index in [2.05, 4.69) is 36.8 Å². The third kappa shape index (κ3) is 2.49. The molecule has 0 unspecified atom stereocenters. The normalized spacial score (nSPS) is 10.3. The largest absolute Gasteiger partial charge is 0.266 e. The Labute approximate surface area is 96.2 Å². The third-order valence-corrected chi connectivity index (χ3v) is 2.86. The molecule has 0 fully saturated rings. The monoisotopic (exact) mass is 324 g/mol. The smallest absolute Gasteiger partial charge is 0.233 e.